The molecule has 1 saturated carbocycles. The van der Waals surface area contributed by atoms with Crippen LogP contribution in [0.4, 0.5) is 0 Å². The van der Waals surface area contributed by atoms with Crippen LogP contribution in [-0.4, -0.2) is 48.5 Å². The van der Waals surface area contributed by atoms with Crippen molar-refractivity contribution < 1.29 is 51.1 Å². The van der Waals surface area contributed by atoms with Gasteiger partial charge in [0.1, 0.15) is 0 Å². The smallest absolute Gasteiger partial charge is 0.549 e. The summed E-state index contributed by atoms with van der Waals surface area (Å²) in [5, 5.41) is 37.7. The Hall–Kier alpha value is -0.532. The number of aliphatic hydroxyl groups excluding tert-OH is 2. The number of carbonyl (C=O) groups is 2. The van der Waals surface area contributed by atoms with Crippen molar-refractivity contribution in [1.29, 1.82) is 0 Å². The zero-order valence-corrected chi connectivity index (χ0v) is 13.2. The summed E-state index contributed by atoms with van der Waals surface area (Å²) < 4.78 is 0. The SMILES string of the molecule is NCC(CN)(CO)CO.O=C([O-])C1(C(=O)[O-])CCC1.[Pt+4]. The predicted octanol–water partition coefficient (Wildman–Crippen LogP) is -4.47. The standard InChI is InChI=1S/C6H8O4.C5H14N2O2.Pt/c7-4(8)6(5(9)10)2-1-3-6;6-1-5(2-7,3-8)4-9;/h1-3H2,(H,7,8)(H,9,10);8-9H,1-4,6-7H2;/q;;+4/p-2. The van der Waals surface area contributed by atoms with Crippen LogP contribution in [0.15, 0.2) is 0 Å². The molecule has 0 radical (unpaired) electrons. The van der Waals surface area contributed by atoms with Gasteiger partial charge < -0.3 is 41.5 Å². The van der Waals surface area contributed by atoms with E-state index in [1.807, 2.05) is 0 Å². The topological polar surface area (TPSA) is 173 Å². The molecule has 0 unspecified atom stereocenters. The van der Waals surface area contributed by atoms with Gasteiger partial charge in [-0.05, 0) is 12.8 Å². The van der Waals surface area contributed by atoms with Crippen LogP contribution in [0.2, 0.25) is 0 Å². The Morgan fingerprint density at radius 2 is 1.40 bits per heavy atom. The van der Waals surface area contributed by atoms with Crippen molar-refractivity contribution in [1.82, 2.24) is 0 Å². The number of carboxylic acids is 2. The Morgan fingerprint density at radius 3 is 1.40 bits per heavy atom. The number of carbonyl (C=O) groups excluding carboxylic acids is 2. The van der Waals surface area contributed by atoms with Crippen molar-refractivity contribution in [3.63, 3.8) is 0 Å². The van der Waals surface area contributed by atoms with E-state index in [-0.39, 0.29) is 60.2 Å². The molecule has 0 bridgehead atoms. The summed E-state index contributed by atoms with van der Waals surface area (Å²) in [6, 6.07) is 0. The monoisotopic (exact) mass is 471 g/mol. The summed E-state index contributed by atoms with van der Waals surface area (Å²) in [6.07, 6.45) is 0.928. The number of aliphatic hydroxyl groups is 2. The summed E-state index contributed by atoms with van der Waals surface area (Å²) >= 11 is 0. The van der Waals surface area contributed by atoms with E-state index in [4.69, 9.17) is 21.7 Å². The minimum atomic E-state index is -1.67. The van der Waals surface area contributed by atoms with E-state index >= 15 is 0 Å². The molecule has 0 aromatic heterocycles. The van der Waals surface area contributed by atoms with Gasteiger partial charge in [-0.3, -0.25) is 0 Å². The van der Waals surface area contributed by atoms with Gasteiger partial charge in [0, 0.05) is 23.9 Å². The van der Waals surface area contributed by atoms with Gasteiger partial charge in [-0.2, -0.15) is 0 Å². The Morgan fingerprint density at radius 1 is 1.05 bits per heavy atom. The van der Waals surface area contributed by atoms with Crippen LogP contribution >= 0.6 is 0 Å². The molecule has 0 aromatic carbocycles. The fourth-order valence-corrected chi connectivity index (χ4v) is 1.41. The molecule has 0 aliphatic heterocycles. The van der Waals surface area contributed by atoms with Gasteiger partial charge in [-0.1, -0.05) is 6.42 Å². The maximum atomic E-state index is 10.2. The molecule has 0 aromatic rings. The molecule has 9 heteroatoms. The van der Waals surface area contributed by atoms with E-state index in [0.29, 0.717) is 6.42 Å². The summed E-state index contributed by atoms with van der Waals surface area (Å²) in [7, 11) is 0. The minimum absolute atomic E-state index is 0. The molecule has 0 amide bonds. The van der Waals surface area contributed by atoms with Gasteiger partial charge in [0.2, 0.25) is 0 Å². The summed E-state index contributed by atoms with van der Waals surface area (Å²) in [5.74, 6) is -3.03. The number of aliphatic carboxylic acids is 2. The van der Waals surface area contributed by atoms with Gasteiger partial charge in [-0.25, -0.2) is 0 Å². The molecule has 0 spiro atoms. The molecule has 8 nitrogen and oxygen atoms in total. The quantitative estimate of drug-likeness (QED) is 0.281. The zero-order valence-electron chi connectivity index (χ0n) is 10.9. The number of hydrogen-bond donors (Lipinski definition) is 4. The largest absolute Gasteiger partial charge is 4.00 e. The molecule has 20 heavy (non-hydrogen) atoms. The van der Waals surface area contributed by atoms with Gasteiger partial charge in [0.15, 0.2) is 0 Å². The molecule has 1 aliphatic rings. The molecule has 0 saturated heterocycles. The predicted molar refractivity (Wildman–Crippen MR) is 61.0 cm³/mol. The van der Waals surface area contributed by atoms with Crippen LogP contribution in [0.3, 0.4) is 0 Å². The first kappa shape index (κ1) is 21.8. The van der Waals surface area contributed by atoms with Crippen molar-refractivity contribution in [2.75, 3.05) is 26.3 Å². The molecule has 1 fully saturated rings. The number of hydrogen-bond acceptors (Lipinski definition) is 8. The van der Waals surface area contributed by atoms with E-state index in [9.17, 15) is 19.8 Å². The van der Waals surface area contributed by atoms with Crippen molar-refractivity contribution in [3.8, 4) is 0 Å². The molecule has 0 atom stereocenters. The maximum absolute atomic E-state index is 10.2. The van der Waals surface area contributed by atoms with Crippen molar-refractivity contribution in [2.24, 2.45) is 22.3 Å². The van der Waals surface area contributed by atoms with Gasteiger partial charge in [-0.15, -0.1) is 0 Å². The second-order valence-corrected chi connectivity index (χ2v) is 4.74. The first-order valence-electron chi connectivity index (χ1n) is 5.89. The Bertz CT molecular complexity index is 285. The fraction of sp³-hybridized carbons (Fsp3) is 0.818. The van der Waals surface area contributed by atoms with Crippen molar-refractivity contribution in [3.05, 3.63) is 0 Å². The molecular formula is C11H20N2O6Pt+2. The number of carboxylic acid groups (broad SMARTS) is 2. The summed E-state index contributed by atoms with van der Waals surface area (Å²) in [4.78, 5) is 20.4. The van der Waals surface area contributed by atoms with Crippen LogP contribution in [0.1, 0.15) is 19.3 Å². The van der Waals surface area contributed by atoms with E-state index < -0.39 is 22.8 Å². The van der Waals surface area contributed by atoms with Crippen LogP contribution in [0.5, 0.6) is 0 Å². The minimum Gasteiger partial charge on any atom is -0.549 e. The van der Waals surface area contributed by atoms with E-state index in [1.54, 1.807) is 0 Å². The fourth-order valence-electron chi connectivity index (χ4n) is 1.41. The third-order valence-electron chi connectivity index (χ3n) is 3.53. The van der Waals surface area contributed by atoms with E-state index in [0.717, 1.165) is 0 Å². The zero-order chi connectivity index (χ0) is 15.1. The van der Waals surface area contributed by atoms with Gasteiger partial charge >= 0.3 is 21.1 Å². The van der Waals surface area contributed by atoms with Crippen LogP contribution in [-0.2, 0) is 30.7 Å². The van der Waals surface area contributed by atoms with Crippen molar-refractivity contribution in [2.45, 2.75) is 19.3 Å². The summed E-state index contributed by atoms with van der Waals surface area (Å²) in [5.41, 5.74) is 8.15. The Labute approximate surface area is 131 Å². The maximum Gasteiger partial charge on any atom is 4.00 e. The van der Waals surface area contributed by atoms with Gasteiger partial charge in [0.05, 0.1) is 25.2 Å². The molecule has 1 aliphatic carbocycles. The van der Waals surface area contributed by atoms with E-state index in [2.05, 4.69) is 0 Å². The third-order valence-corrected chi connectivity index (χ3v) is 3.53. The second-order valence-electron chi connectivity index (χ2n) is 4.74. The second kappa shape index (κ2) is 9.41. The Kier molecular flexibility index (Phi) is 10.2. The van der Waals surface area contributed by atoms with Crippen LogP contribution in [0, 0.1) is 10.8 Å². The average Bonchev–Trinajstić information content (AvgIpc) is 2.31. The average molecular weight is 471 g/mol. The van der Waals surface area contributed by atoms with Crippen LogP contribution < -0.4 is 21.7 Å². The molecule has 118 valence electrons. The number of nitrogens with two attached hydrogens (primary N) is 2. The third kappa shape index (κ3) is 4.78. The normalized spacial score (nSPS) is 16.0. The van der Waals surface area contributed by atoms with Crippen molar-refractivity contribution >= 4 is 11.9 Å². The van der Waals surface area contributed by atoms with Gasteiger partial charge in [0.25, 0.3) is 0 Å². The van der Waals surface area contributed by atoms with Crippen LogP contribution in [0.25, 0.3) is 0 Å². The Balaban J connectivity index is 0. The van der Waals surface area contributed by atoms with E-state index in [1.165, 1.54) is 0 Å². The summed E-state index contributed by atoms with van der Waals surface area (Å²) in [6.45, 7) is 0.125. The first-order valence-corrected chi connectivity index (χ1v) is 5.89. The molecular weight excluding hydrogens is 451 g/mol. The molecule has 6 N–H and O–H groups in total. The molecule has 1 rings (SSSR count). The number of rotatable bonds is 6. The molecule has 0 heterocycles. The first-order chi connectivity index (χ1) is 8.84.